The molecule has 0 heterocycles. The van der Waals surface area contributed by atoms with Crippen LogP contribution >= 0.6 is 23.2 Å². The number of rotatable bonds is 13. The molecule has 2 unspecified atom stereocenters. The number of benzene rings is 3. The van der Waals surface area contributed by atoms with E-state index in [1.165, 1.54) is 42.3 Å². The summed E-state index contributed by atoms with van der Waals surface area (Å²) in [5.74, 6) is -0.374. The highest BCUT2D eigenvalue weighted by Crippen LogP contribution is 2.28. The fourth-order valence-corrected chi connectivity index (χ4v) is 5.90. The number of hydrogen-bond acceptors (Lipinski definition) is 5. The predicted octanol–water partition coefficient (Wildman–Crippen LogP) is 5.92. The summed E-state index contributed by atoms with van der Waals surface area (Å²) in [7, 11) is -2.74. The van der Waals surface area contributed by atoms with Crippen LogP contribution in [-0.4, -0.2) is 50.9 Å². The molecule has 0 radical (unpaired) electrons. The average Bonchev–Trinajstić information content (AvgIpc) is 2.96. The van der Waals surface area contributed by atoms with Crippen LogP contribution in [0.3, 0.4) is 0 Å². The number of sulfonamides is 1. The molecule has 8 nitrogen and oxygen atoms in total. The van der Waals surface area contributed by atoms with E-state index in [0.29, 0.717) is 22.2 Å². The Kier molecular flexibility index (Phi) is 11.5. The van der Waals surface area contributed by atoms with Crippen LogP contribution in [0.4, 0.5) is 5.69 Å². The van der Waals surface area contributed by atoms with E-state index >= 15 is 0 Å². The predicted molar refractivity (Wildman–Crippen MR) is 163 cm³/mol. The third-order valence-corrected chi connectivity index (χ3v) is 8.95. The monoisotopic (exact) mass is 619 g/mol. The van der Waals surface area contributed by atoms with Gasteiger partial charge in [-0.3, -0.25) is 13.9 Å². The number of hydrogen-bond donors (Lipinski definition) is 1. The second-order valence-electron chi connectivity index (χ2n) is 9.56. The van der Waals surface area contributed by atoms with Crippen LogP contribution in [-0.2, 0) is 26.2 Å². The molecule has 3 aromatic carbocycles. The van der Waals surface area contributed by atoms with Gasteiger partial charge in [0, 0.05) is 22.6 Å². The summed E-state index contributed by atoms with van der Waals surface area (Å²) in [4.78, 5) is 28.8. The Morgan fingerprint density at radius 1 is 0.927 bits per heavy atom. The molecule has 0 aromatic heterocycles. The van der Waals surface area contributed by atoms with E-state index in [2.05, 4.69) is 5.32 Å². The summed E-state index contributed by atoms with van der Waals surface area (Å²) < 4.78 is 34.0. The van der Waals surface area contributed by atoms with Gasteiger partial charge in [-0.15, -0.1) is 0 Å². The van der Waals surface area contributed by atoms with E-state index in [1.54, 1.807) is 42.5 Å². The number of ether oxygens (including phenoxy) is 1. The maximum absolute atomic E-state index is 14.1. The van der Waals surface area contributed by atoms with Crippen molar-refractivity contribution in [2.75, 3.05) is 18.0 Å². The van der Waals surface area contributed by atoms with Gasteiger partial charge in [0.25, 0.3) is 10.0 Å². The third-order valence-electron chi connectivity index (χ3n) is 6.68. The molecule has 11 heteroatoms. The van der Waals surface area contributed by atoms with E-state index in [-0.39, 0.29) is 29.1 Å². The van der Waals surface area contributed by atoms with Gasteiger partial charge in [-0.05, 0) is 79.9 Å². The Morgan fingerprint density at radius 3 is 2.15 bits per heavy atom. The molecular formula is C30H35Cl2N3O5S. The van der Waals surface area contributed by atoms with Crippen LogP contribution in [0.2, 0.25) is 10.0 Å². The summed E-state index contributed by atoms with van der Waals surface area (Å²) >= 11 is 12.3. The van der Waals surface area contributed by atoms with E-state index in [1.807, 2.05) is 20.8 Å². The quantitative estimate of drug-likeness (QED) is 0.256. The minimum atomic E-state index is -4.22. The lowest BCUT2D eigenvalue weighted by molar-refractivity contribution is -0.140. The number of nitrogens with zero attached hydrogens (tertiary/aromatic N) is 2. The van der Waals surface area contributed by atoms with Crippen molar-refractivity contribution >= 4 is 50.7 Å². The first kappa shape index (κ1) is 32.2. The average molecular weight is 621 g/mol. The zero-order valence-electron chi connectivity index (χ0n) is 23.5. The largest absolute Gasteiger partial charge is 0.497 e. The molecule has 3 aromatic rings. The van der Waals surface area contributed by atoms with Crippen LogP contribution in [0.15, 0.2) is 77.7 Å². The molecule has 220 valence electrons. The van der Waals surface area contributed by atoms with Crippen LogP contribution in [0.1, 0.15) is 39.2 Å². The van der Waals surface area contributed by atoms with E-state index in [9.17, 15) is 18.0 Å². The Hall–Kier alpha value is -3.27. The Morgan fingerprint density at radius 2 is 1.59 bits per heavy atom. The summed E-state index contributed by atoms with van der Waals surface area (Å²) in [5, 5.41) is 3.80. The lowest BCUT2D eigenvalue weighted by atomic mass is 10.1. The van der Waals surface area contributed by atoms with Gasteiger partial charge in [0.15, 0.2) is 0 Å². The minimum Gasteiger partial charge on any atom is -0.497 e. The van der Waals surface area contributed by atoms with E-state index in [4.69, 9.17) is 27.9 Å². The van der Waals surface area contributed by atoms with Crippen molar-refractivity contribution in [2.24, 2.45) is 0 Å². The fourth-order valence-electron chi connectivity index (χ4n) is 4.18. The topological polar surface area (TPSA) is 96.0 Å². The van der Waals surface area contributed by atoms with Gasteiger partial charge in [-0.2, -0.15) is 0 Å². The van der Waals surface area contributed by atoms with Crippen LogP contribution in [0.5, 0.6) is 5.75 Å². The Balaban J connectivity index is 2.06. The normalized spacial score (nSPS) is 12.7. The first-order valence-corrected chi connectivity index (χ1v) is 15.5. The number of amides is 2. The summed E-state index contributed by atoms with van der Waals surface area (Å²) in [6.45, 7) is 5.17. The number of nitrogens with one attached hydrogen (secondary N) is 1. The first-order chi connectivity index (χ1) is 19.5. The molecule has 1 N–H and O–H groups in total. The second kappa shape index (κ2) is 14.6. The molecule has 0 saturated heterocycles. The lowest BCUT2D eigenvalue weighted by Gasteiger charge is -2.33. The second-order valence-corrected chi connectivity index (χ2v) is 12.3. The van der Waals surface area contributed by atoms with Gasteiger partial charge in [-0.25, -0.2) is 8.42 Å². The highest BCUT2D eigenvalue weighted by Gasteiger charge is 2.34. The van der Waals surface area contributed by atoms with Gasteiger partial charge < -0.3 is 15.0 Å². The molecule has 0 bridgehead atoms. The molecule has 3 rings (SSSR count). The van der Waals surface area contributed by atoms with Crippen molar-refractivity contribution in [3.8, 4) is 5.75 Å². The fraction of sp³-hybridized carbons (Fsp3) is 0.333. The molecule has 0 saturated carbocycles. The first-order valence-electron chi connectivity index (χ1n) is 13.3. The smallest absolute Gasteiger partial charge is 0.264 e. The number of methoxy groups -OCH3 is 1. The Bertz CT molecular complexity index is 1430. The molecule has 0 aliphatic rings. The van der Waals surface area contributed by atoms with Gasteiger partial charge >= 0.3 is 0 Å². The Labute approximate surface area is 252 Å². The number of carbonyl (C=O) groups is 2. The van der Waals surface area contributed by atoms with Crippen LogP contribution < -0.4 is 14.4 Å². The molecule has 0 spiro atoms. The van der Waals surface area contributed by atoms with Crippen molar-refractivity contribution < 1.29 is 22.7 Å². The summed E-state index contributed by atoms with van der Waals surface area (Å²) in [6.07, 6.45) is 1.04. The molecule has 2 atom stereocenters. The minimum absolute atomic E-state index is 0.0307. The summed E-state index contributed by atoms with van der Waals surface area (Å²) in [5.41, 5.74) is 0.954. The molecule has 0 aliphatic carbocycles. The third kappa shape index (κ3) is 8.38. The number of anilines is 1. The van der Waals surface area contributed by atoms with E-state index < -0.39 is 28.5 Å². The molecule has 2 amide bonds. The van der Waals surface area contributed by atoms with E-state index in [0.717, 1.165) is 16.3 Å². The zero-order chi connectivity index (χ0) is 30.2. The molecule has 0 fully saturated rings. The molecule has 41 heavy (non-hydrogen) atoms. The van der Waals surface area contributed by atoms with Crippen molar-refractivity contribution in [3.63, 3.8) is 0 Å². The lowest BCUT2D eigenvalue weighted by Crippen LogP contribution is -2.53. The molecule has 0 aliphatic heterocycles. The van der Waals surface area contributed by atoms with Gasteiger partial charge in [0.1, 0.15) is 18.3 Å². The van der Waals surface area contributed by atoms with Crippen molar-refractivity contribution in [1.82, 2.24) is 10.2 Å². The SMILES string of the molecule is CCC(C)NC(=O)C(CC)N(Cc1ccc(Cl)cc1)C(=O)CN(c1cccc(Cl)c1)S(=O)(=O)c1ccc(OC)cc1. The highest BCUT2D eigenvalue weighted by molar-refractivity contribution is 7.92. The van der Waals surface area contributed by atoms with Gasteiger partial charge in [-0.1, -0.05) is 55.2 Å². The maximum atomic E-state index is 14.1. The maximum Gasteiger partial charge on any atom is 0.264 e. The number of halogens is 2. The summed E-state index contributed by atoms with van der Waals surface area (Å²) in [6, 6.07) is 18.2. The zero-order valence-corrected chi connectivity index (χ0v) is 25.8. The van der Waals surface area contributed by atoms with Crippen molar-refractivity contribution in [2.45, 2.75) is 57.1 Å². The standard InChI is InChI=1S/C30H35Cl2N3O5S/c1-5-21(3)33-30(37)28(6-2)34(19-22-10-12-23(31)13-11-22)29(36)20-35(25-9-7-8-24(32)18-25)41(38,39)27-16-14-26(40-4)15-17-27/h7-18,21,28H,5-6,19-20H2,1-4H3,(H,33,37). The van der Waals surface area contributed by atoms with Crippen molar-refractivity contribution in [1.29, 1.82) is 0 Å². The molecular weight excluding hydrogens is 585 g/mol. The van der Waals surface area contributed by atoms with Crippen LogP contribution in [0, 0.1) is 0 Å². The van der Waals surface area contributed by atoms with Crippen molar-refractivity contribution in [3.05, 3.63) is 88.4 Å². The van der Waals surface area contributed by atoms with Gasteiger partial charge in [0.2, 0.25) is 11.8 Å². The van der Waals surface area contributed by atoms with Gasteiger partial charge in [0.05, 0.1) is 17.7 Å². The highest BCUT2D eigenvalue weighted by atomic mass is 35.5. The van der Waals surface area contributed by atoms with Crippen LogP contribution in [0.25, 0.3) is 0 Å². The number of carbonyl (C=O) groups excluding carboxylic acids is 2.